The zero-order valence-corrected chi connectivity index (χ0v) is 41.0. The van der Waals surface area contributed by atoms with Crippen molar-refractivity contribution in [2.75, 3.05) is 6.61 Å². The van der Waals surface area contributed by atoms with Gasteiger partial charge in [0.05, 0.1) is 25.2 Å². The van der Waals surface area contributed by atoms with Crippen LogP contribution in [0.1, 0.15) is 258 Å². The Morgan fingerprint density at radius 2 is 0.871 bits per heavy atom. The van der Waals surface area contributed by atoms with Gasteiger partial charge in [0.15, 0.2) is 0 Å². The summed E-state index contributed by atoms with van der Waals surface area (Å²) in [6, 6.07) is -0.710. The number of amides is 1. The van der Waals surface area contributed by atoms with Crippen molar-refractivity contribution in [3.05, 3.63) is 60.8 Å². The van der Waals surface area contributed by atoms with E-state index in [4.69, 9.17) is 4.74 Å². The fourth-order valence-corrected chi connectivity index (χ4v) is 7.83. The third-order valence-corrected chi connectivity index (χ3v) is 11.8. The molecule has 6 nitrogen and oxygen atoms in total. The average Bonchev–Trinajstić information content (AvgIpc) is 3.26. The zero-order chi connectivity index (χ0) is 45.2. The van der Waals surface area contributed by atoms with Crippen LogP contribution in [-0.4, -0.2) is 46.9 Å². The monoisotopic (exact) mass is 868 g/mol. The summed E-state index contributed by atoms with van der Waals surface area (Å²) in [6.07, 6.45) is 61.4. The van der Waals surface area contributed by atoms with Crippen LogP contribution in [0, 0.1) is 0 Å². The molecule has 0 aliphatic rings. The van der Waals surface area contributed by atoms with Crippen LogP contribution in [0.5, 0.6) is 0 Å². The number of carbonyl (C=O) groups is 2. The minimum Gasteiger partial charge on any atom is -0.462 e. The average molecular weight is 868 g/mol. The number of carbonyl (C=O) groups excluding carboxylic acids is 2. The summed E-state index contributed by atoms with van der Waals surface area (Å²) in [5.74, 6) is -0.498. The molecule has 6 heteroatoms. The van der Waals surface area contributed by atoms with Crippen molar-refractivity contribution in [1.82, 2.24) is 5.32 Å². The predicted octanol–water partition coefficient (Wildman–Crippen LogP) is 16.0. The van der Waals surface area contributed by atoms with E-state index in [1.807, 2.05) is 0 Å². The molecule has 0 bridgehead atoms. The number of rotatable bonds is 47. The van der Waals surface area contributed by atoms with Crippen LogP contribution in [0.25, 0.3) is 0 Å². The summed E-state index contributed by atoms with van der Waals surface area (Å²) >= 11 is 0. The standard InChI is InChI=1S/C56H101NO5/c1-4-7-10-13-16-19-22-24-26-27-28-29-30-32-34-37-40-43-46-49-56(61)62-52(47-44-41-38-35-33-31-25-23-20-17-14-11-8-5-2)50-55(60)57-53(51-58)54(59)48-45-42-39-36-21-18-15-12-9-6-3/h8,11,16-17,19-20,24-26,31,52-54,58-59H,4-7,9-10,12-15,18,21-23,27-30,32-51H2,1-3H3,(H,57,60)/b11-8+,19-16-,20-17+,26-24-,31-25+. The predicted molar refractivity (Wildman–Crippen MR) is 268 cm³/mol. The summed E-state index contributed by atoms with van der Waals surface area (Å²) in [7, 11) is 0. The molecule has 62 heavy (non-hydrogen) atoms. The molecule has 0 heterocycles. The van der Waals surface area contributed by atoms with Gasteiger partial charge in [0.1, 0.15) is 6.10 Å². The van der Waals surface area contributed by atoms with E-state index in [9.17, 15) is 19.8 Å². The van der Waals surface area contributed by atoms with E-state index in [2.05, 4.69) is 86.8 Å². The van der Waals surface area contributed by atoms with Gasteiger partial charge in [-0.15, -0.1) is 0 Å². The highest BCUT2D eigenvalue weighted by molar-refractivity contribution is 5.77. The Morgan fingerprint density at radius 1 is 0.484 bits per heavy atom. The molecular formula is C56H101NO5. The van der Waals surface area contributed by atoms with Gasteiger partial charge in [-0.05, 0) is 89.9 Å². The molecule has 0 aromatic rings. The van der Waals surface area contributed by atoms with E-state index in [1.54, 1.807) is 0 Å². The molecule has 0 fully saturated rings. The molecule has 3 N–H and O–H groups in total. The summed E-state index contributed by atoms with van der Waals surface area (Å²) < 4.78 is 5.93. The Balaban J connectivity index is 4.56. The van der Waals surface area contributed by atoms with Crippen molar-refractivity contribution in [3.8, 4) is 0 Å². The molecule has 0 aliphatic heterocycles. The lowest BCUT2D eigenvalue weighted by Gasteiger charge is -2.24. The summed E-state index contributed by atoms with van der Waals surface area (Å²) in [5.41, 5.74) is 0. The molecule has 0 aliphatic carbocycles. The largest absolute Gasteiger partial charge is 0.462 e. The molecule has 0 saturated carbocycles. The van der Waals surface area contributed by atoms with Gasteiger partial charge >= 0.3 is 5.97 Å². The highest BCUT2D eigenvalue weighted by atomic mass is 16.5. The highest BCUT2D eigenvalue weighted by Crippen LogP contribution is 2.18. The van der Waals surface area contributed by atoms with Gasteiger partial charge < -0.3 is 20.3 Å². The van der Waals surface area contributed by atoms with Crippen molar-refractivity contribution in [1.29, 1.82) is 0 Å². The second-order valence-electron chi connectivity index (χ2n) is 17.9. The number of esters is 1. The van der Waals surface area contributed by atoms with Gasteiger partial charge in [0, 0.05) is 6.42 Å². The number of aliphatic hydroxyl groups excluding tert-OH is 2. The Hall–Kier alpha value is -2.44. The lowest BCUT2D eigenvalue weighted by Crippen LogP contribution is -2.46. The molecule has 0 spiro atoms. The van der Waals surface area contributed by atoms with Crippen LogP contribution in [0.2, 0.25) is 0 Å². The second kappa shape index (κ2) is 49.6. The minimum absolute atomic E-state index is 0.0601. The van der Waals surface area contributed by atoms with Gasteiger partial charge in [-0.3, -0.25) is 9.59 Å². The van der Waals surface area contributed by atoms with Gasteiger partial charge in [-0.25, -0.2) is 0 Å². The van der Waals surface area contributed by atoms with Crippen LogP contribution >= 0.6 is 0 Å². The maximum absolute atomic E-state index is 13.2. The lowest BCUT2D eigenvalue weighted by molar-refractivity contribution is -0.151. The number of aliphatic hydroxyl groups is 2. The van der Waals surface area contributed by atoms with Crippen molar-refractivity contribution in [2.24, 2.45) is 0 Å². The van der Waals surface area contributed by atoms with Crippen molar-refractivity contribution in [3.63, 3.8) is 0 Å². The number of unbranched alkanes of at least 4 members (excludes halogenated alkanes) is 25. The van der Waals surface area contributed by atoms with Crippen LogP contribution in [-0.2, 0) is 14.3 Å². The van der Waals surface area contributed by atoms with E-state index in [0.717, 1.165) is 96.3 Å². The fraction of sp³-hybridized carbons (Fsp3) is 0.786. The molecule has 3 unspecified atom stereocenters. The summed E-state index contributed by atoms with van der Waals surface area (Å²) in [5, 5.41) is 23.7. The Kier molecular flexibility index (Phi) is 47.6. The number of allylic oxidation sites excluding steroid dienone is 10. The van der Waals surface area contributed by atoms with Gasteiger partial charge in [-0.2, -0.15) is 0 Å². The SMILES string of the molecule is CC/C=C/C/C=C/C/C=C/CCCCCCC(CC(=O)NC(CO)C(O)CCCCCCCCCCCC)OC(=O)CCCCCCCCCCC/C=C\C/C=C\CCCCC. The quantitative estimate of drug-likeness (QED) is 0.0322. The fourth-order valence-electron chi connectivity index (χ4n) is 7.83. The summed E-state index contributed by atoms with van der Waals surface area (Å²) in [4.78, 5) is 26.2. The summed E-state index contributed by atoms with van der Waals surface area (Å²) in [6.45, 7) is 6.33. The van der Waals surface area contributed by atoms with E-state index < -0.39 is 18.2 Å². The Bertz CT molecular complexity index is 1110. The molecule has 0 radical (unpaired) electrons. The van der Waals surface area contributed by atoms with E-state index >= 15 is 0 Å². The smallest absolute Gasteiger partial charge is 0.306 e. The maximum Gasteiger partial charge on any atom is 0.306 e. The third kappa shape index (κ3) is 44.2. The first-order valence-corrected chi connectivity index (χ1v) is 26.5. The van der Waals surface area contributed by atoms with Gasteiger partial charge in [0.25, 0.3) is 0 Å². The number of ether oxygens (including phenoxy) is 1. The van der Waals surface area contributed by atoms with Crippen molar-refractivity contribution < 1.29 is 24.5 Å². The van der Waals surface area contributed by atoms with Crippen LogP contribution in [0.4, 0.5) is 0 Å². The van der Waals surface area contributed by atoms with E-state index in [-0.39, 0.29) is 24.9 Å². The normalized spacial score (nSPS) is 13.7. The van der Waals surface area contributed by atoms with E-state index in [0.29, 0.717) is 19.3 Å². The first-order valence-electron chi connectivity index (χ1n) is 26.5. The topological polar surface area (TPSA) is 95.9 Å². The maximum atomic E-state index is 13.2. The number of nitrogens with one attached hydrogen (secondary N) is 1. The number of hydrogen-bond acceptors (Lipinski definition) is 5. The van der Waals surface area contributed by atoms with Crippen LogP contribution < -0.4 is 5.32 Å². The highest BCUT2D eigenvalue weighted by Gasteiger charge is 2.24. The van der Waals surface area contributed by atoms with Crippen molar-refractivity contribution in [2.45, 2.75) is 277 Å². The molecule has 0 aromatic heterocycles. The molecule has 360 valence electrons. The first-order chi connectivity index (χ1) is 30.5. The van der Waals surface area contributed by atoms with Gasteiger partial charge in [0.2, 0.25) is 5.91 Å². The Morgan fingerprint density at radius 3 is 1.35 bits per heavy atom. The Labute approximate surface area is 384 Å². The molecule has 1 amide bonds. The van der Waals surface area contributed by atoms with Crippen LogP contribution in [0.15, 0.2) is 60.8 Å². The molecule has 0 saturated heterocycles. The molecular weight excluding hydrogens is 767 g/mol. The lowest BCUT2D eigenvalue weighted by atomic mass is 10.0. The van der Waals surface area contributed by atoms with Crippen LogP contribution in [0.3, 0.4) is 0 Å². The first kappa shape index (κ1) is 59.6. The molecule has 3 atom stereocenters. The minimum atomic E-state index is -0.795. The number of hydrogen-bond donors (Lipinski definition) is 3. The second-order valence-corrected chi connectivity index (χ2v) is 17.9. The zero-order valence-electron chi connectivity index (χ0n) is 41.0. The van der Waals surface area contributed by atoms with Gasteiger partial charge in [-0.1, -0.05) is 216 Å². The molecule has 0 aromatic carbocycles. The van der Waals surface area contributed by atoms with Crippen molar-refractivity contribution >= 4 is 11.9 Å². The third-order valence-electron chi connectivity index (χ3n) is 11.8. The van der Waals surface area contributed by atoms with E-state index in [1.165, 1.54) is 116 Å². The molecule has 0 rings (SSSR count).